The Labute approximate surface area is 123 Å². The lowest BCUT2D eigenvalue weighted by Gasteiger charge is -2.13. The molecule has 0 aromatic carbocycles. The van der Waals surface area contributed by atoms with Gasteiger partial charge in [0.15, 0.2) is 4.67 Å². The van der Waals surface area contributed by atoms with Gasteiger partial charge in [-0.15, -0.1) is 0 Å². The quantitative estimate of drug-likeness (QED) is 0.754. The van der Waals surface area contributed by atoms with Crippen LogP contribution in [0.3, 0.4) is 0 Å². The second-order valence-corrected chi connectivity index (χ2v) is 6.67. The van der Waals surface area contributed by atoms with Crippen molar-refractivity contribution in [3.05, 3.63) is 16.5 Å². The molecule has 5 nitrogen and oxygen atoms in total. The van der Waals surface area contributed by atoms with Crippen molar-refractivity contribution in [3.8, 4) is 0 Å². The molecule has 0 unspecified atom stereocenters. The van der Waals surface area contributed by atoms with Crippen LogP contribution in [-0.2, 0) is 16.6 Å². The summed E-state index contributed by atoms with van der Waals surface area (Å²) in [5.74, 6) is 0.596. The molecular weight excluding hydrogens is 332 g/mol. The fraction of sp³-hybridized carbons (Fsp3) is 0.667. The Balaban J connectivity index is 2.91. The molecule has 0 aliphatic rings. The Kier molecular flexibility index (Phi) is 6.52. The van der Waals surface area contributed by atoms with Crippen molar-refractivity contribution in [2.45, 2.75) is 51.1 Å². The summed E-state index contributed by atoms with van der Waals surface area (Å²) in [5.41, 5.74) is 0. The average molecular weight is 353 g/mol. The monoisotopic (exact) mass is 352 g/mol. The molecule has 110 valence electrons. The topological polar surface area (TPSA) is 71.3 Å². The summed E-state index contributed by atoms with van der Waals surface area (Å²) in [6.07, 6.45) is 1.52. The van der Waals surface area contributed by atoms with Crippen molar-refractivity contribution in [2.24, 2.45) is 0 Å². The van der Waals surface area contributed by atoms with Crippen molar-refractivity contribution in [1.29, 1.82) is 0 Å². The molecule has 1 aromatic heterocycles. The summed E-state index contributed by atoms with van der Waals surface area (Å²) in [6, 6.07) is 1.50. The van der Waals surface area contributed by atoms with Crippen molar-refractivity contribution in [2.75, 3.05) is 6.54 Å². The highest BCUT2D eigenvalue weighted by Gasteiger charge is 2.24. The van der Waals surface area contributed by atoms with Crippen molar-refractivity contribution < 1.29 is 12.8 Å². The van der Waals surface area contributed by atoms with Gasteiger partial charge in [0.2, 0.25) is 10.0 Å². The molecule has 0 fully saturated rings. The standard InChI is InChI=1S/C12H21BrN2O3S/c1-4-9(5-2)15-19(16,17)11-7-10(8-14-6-3)18-12(11)13/h7,9,14-15H,4-6,8H2,1-3H3. The van der Waals surface area contributed by atoms with Crippen molar-refractivity contribution >= 4 is 26.0 Å². The molecule has 0 bridgehead atoms. The molecule has 0 amide bonds. The second kappa shape index (κ2) is 7.42. The summed E-state index contributed by atoms with van der Waals surface area (Å²) in [6.45, 7) is 7.20. The van der Waals surface area contributed by atoms with Gasteiger partial charge in [0.25, 0.3) is 0 Å². The number of furan rings is 1. The number of hydrogen-bond donors (Lipinski definition) is 2. The maximum absolute atomic E-state index is 12.2. The number of hydrogen-bond acceptors (Lipinski definition) is 4. The van der Waals surface area contributed by atoms with Gasteiger partial charge in [-0.25, -0.2) is 13.1 Å². The number of nitrogens with one attached hydrogen (secondary N) is 2. The zero-order valence-corrected chi connectivity index (χ0v) is 13.9. The Hall–Kier alpha value is -0.370. The van der Waals surface area contributed by atoms with Crippen LogP contribution in [0.5, 0.6) is 0 Å². The molecule has 1 rings (SSSR count). The Morgan fingerprint density at radius 1 is 1.32 bits per heavy atom. The zero-order valence-electron chi connectivity index (χ0n) is 11.5. The predicted molar refractivity (Wildman–Crippen MR) is 78.5 cm³/mol. The van der Waals surface area contributed by atoms with Gasteiger partial charge < -0.3 is 9.73 Å². The van der Waals surface area contributed by atoms with Crippen LogP contribution in [0.1, 0.15) is 39.4 Å². The molecule has 0 spiro atoms. The van der Waals surface area contributed by atoms with E-state index >= 15 is 0 Å². The first-order chi connectivity index (χ1) is 8.94. The highest BCUT2D eigenvalue weighted by atomic mass is 79.9. The molecule has 7 heteroatoms. The summed E-state index contributed by atoms with van der Waals surface area (Å²) >= 11 is 3.17. The maximum Gasteiger partial charge on any atom is 0.245 e. The third-order valence-corrected chi connectivity index (χ3v) is 5.23. The average Bonchev–Trinajstić information content (AvgIpc) is 2.75. The number of rotatable bonds is 8. The lowest BCUT2D eigenvalue weighted by Crippen LogP contribution is -2.33. The third-order valence-electron chi connectivity index (χ3n) is 2.85. The first-order valence-electron chi connectivity index (χ1n) is 6.45. The Bertz CT molecular complexity index is 495. The normalized spacial score (nSPS) is 12.3. The van der Waals surface area contributed by atoms with E-state index in [0.717, 1.165) is 19.4 Å². The second-order valence-electron chi connectivity index (χ2n) is 4.27. The molecule has 0 saturated heterocycles. The van der Waals surface area contributed by atoms with E-state index in [2.05, 4.69) is 26.0 Å². The largest absolute Gasteiger partial charge is 0.452 e. The summed E-state index contributed by atoms with van der Waals surface area (Å²) in [4.78, 5) is 0.160. The Morgan fingerprint density at radius 3 is 2.47 bits per heavy atom. The first kappa shape index (κ1) is 16.7. The lowest BCUT2D eigenvalue weighted by molar-refractivity contribution is 0.463. The number of halogens is 1. The molecule has 2 N–H and O–H groups in total. The molecule has 0 radical (unpaired) electrons. The van der Waals surface area contributed by atoms with Crippen LogP contribution >= 0.6 is 15.9 Å². The molecule has 1 aromatic rings. The summed E-state index contributed by atoms with van der Waals surface area (Å²) < 4.78 is 32.8. The molecule has 1 heterocycles. The van der Waals surface area contributed by atoms with E-state index in [9.17, 15) is 8.42 Å². The van der Waals surface area contributed by atoms with Gasteiger partial charge >= 0.3 is 0 Å². The van der Waals surface area contributed by atoms with Crippen molar-refractivity contribution in [1.82, 2.24) is 10.0 Å². The van der Waals surface area contributed by atoms with Gasteiger partial charge in [-0.2, -0.15) is 0 Å². The zero-order chi connectivity index (χ0) is 14.5. The van der Waals surface area contributed by atoms with Crippen LogP contribution in [0, 0.1) is 0 Å². The first-order valence-corrected chi connectivity index (χ1v) is 8.73. The van der Waals surface area contributed by atoms with Crippen LogP contribution < -0.4 is 10.0 Å². The van der Waals surface area contributed by atoms with Crippen LogP contribution in [0.4, 0.5) is 0 Å². The van der Waals surface area contributed by atoms with E-state index in [1.807, 2.05) is 20.8 Å². The van der Waals surface area contributed by atoms with E-state index < -0.39 is 10.0 Å². The summed E-state index contributed by atoms with van der Waals surface area (Å²) in [5, 5.41) is 3.09. The molecule has 0 atom stereocenters. The third kappa shape index (κ3) is 4.59. The van der Waals surface area contributed by atoms with E-state index in [-0.39, 0.29) is 15.6 Å². The minimum absolute atomic E-state index is 0.0518. The van der Waals surface area contributed by atoms with E-state index in [0.29, 0.717) is 12.3 Å². The van der Waals surface area contributed by atoms with Crippen molar-refractivity contribution in [3.63, 3.8) is 0 Å². The van der Waals surface area contributed by atoms with Crippen LogP contribution in [0.2, 0.25) is 0 Å². The molecule has 19 heavy (non-hydrogen) atoms. The maximum atomic E-state index is 12.2. The molecular formula is C12H21BrN2O3S. The fourth-order valence-corrected chi connectivity index (χ4v) is 4.05. The van der Waals surface area contributed by atoms with Crippen LogP contribution in [-0.4, -0.2) is 21.0 Å². The van der Waals surface area contributed by atoms with Crippen LogP contribution in [0.15, 0.2) is 20.0 Å². The van der Waals surface area contributed by atoms with Crippen LogP contribution in [0.25, 0.3) is 0 Å². The SMILES string of the molecule is CCNCc1cc(S(=O)(=O)NC(CC)CC)c(Br)o1. The molecule has 0 aliphatic carbocycles. The van der Waals surface area contributed by atoms with Gasteiger partial charge in [-0.05, 0) is 35.3 Å². The predicted octanol–water partition coefficient (Wildman–Crippen LogP) is 2.62. The molecule has 0 aliphatic heterocycles. The van der Waals surface area contributed by atoms with Gasteiger partial charge in [0.1, 0.15) is 10.7 Å². The highest BCUT2D eigenvalue weighted by molar-refractivity contribution is 9.10. The molecule has 0 saturated carbocycles. The van der Waals surface area contributed by atoms with Gasteiger partial charge in [0, 0.05) is 12.1 Å². The minimum Gasteiger partial charge on any atom is -0.452 e. The van der Waals surface area contributed by atoms with Gasteiger partial charge in [-0.3, -0.25) is 0 Å². The Morgan fingerprint density at radius 2 is 1.95 bits per heavy atom. The van der Waals surface area contributed by atoms with Gasteiger partial charge in [-0.1, -0.05) is 20.8 Å². The lowest BCUT2D eigenvalue weighted by atomic mass is 10.2. The number of sulfonamides is 1. The van der Waals surface area contributed by atoms with E-state index in [4.69, 9.17) is 4.42 Å². The minimum atomic E-state index is -3.54. The fourth-order valence-electron chi connectivity index (χ4n) is 1.65. The highest BCUT2D eigenvalue weighted by Crippen LogP contribution is 2.26. The van der Waals surface area contributed by atoms with E-state index in [1.165, 1.54) is 0 Å². The van der Waals surface area contributed by atoms with Gasteiger partial charge in [0.05, 0.1) is 6.54 Å². The summed E-state index contributed by atoms with van der Waals surface area (Å²) in [7, 11) is -3.54. The van der Waals surface area contributed by atoms with E-state index in [1.54, 1.807) is 6.07 Å². The smallest absolute Gasteiger partial charge is 0.245 e.